The van der Waals surface area contributed by atoms with Crippen molar-refractivity contribution < 1.29 is 4.79 Å². The molecule has 104 valence electrons. The summed E-state index contributed by atoms with van der Waals surface area (Å²) in [6.07, 6.45) is 2.72. The lowest BCUT2D eigenvalue weighted by molar-refractivity contribution is 0.0787. The minimum absolute atomic E-state index is 0.0671. The number of hydrogen-bond acceptors (Lipinski definition) is 3. The van der Waals surface area contributed by atoms with E-state index in [9.17, 15) is 4.79 Å². The van der Waals surface area contributed by atoms with Crippen LogP contribution in [0.3, 0.4) is 0 Å². The van der Waals surface area contributed by atoms with Gasteiger partial charge >= 0.3 is 0 Å². The van der Waals surface area contributed by atoms with E-state index < -0.39 is 0 Å². The molecule has 0 bridgehead atoms. The molecule has 2 heterocycles. The number of benzene rings is 1. The molecule has 2 atom stereocenters. The third kappa shape index (κ3) is 2.27. The molecule has 0 saturated carbocycles. The van der Waals surface area contributed by atoms with E-state index in [0.29, 0.717) is 11.5 Å². The van der Waals surface area contributed by atoms with Crippen molar-refractivity contribution >= 4 is 16.8 Å². The molecular weight excluding hydrogens is 250 g/mol. The SMILES string of the molecule is CC(N)C1CCN(C(=O)c2cccc3cccnc23)C1. The molecular formula is C16H19N3O. The van der Waals surface area contributed by atoms with E-state index in [0.717, 1.165) is 30.4 Å². The molecule has 2 N–H and O–H groups in total. The smallest absolute Gasteiger partial charge is 0.256 e. The third-order valence-corrected chi connectivity index (χ3v) is 4.12. The summed E-state index contributed by atoms with van der Waals surface area (Å²) in [5, 5.41) is 1.00. The topological polar surface area (TPSA) is 59.2 Å². The molecule has 1 saturated heterocycles. The fraction of sp³-hybridized carbons (Fsp3) is 0.375. The van der Waals surface area contributed by atoms with Gasteiger partial charge in [-0.05, 0) is 31.4 Å². The van der Waals surface area contributed by atoms with E-state index in [1.165, 1.54) is 0 Å². The molecule has 1 aromatic heterocycles. The van der Waals surface area contributed by atoms with Crippen molar-refractivity contribution in [3.05, 3.63) is 42.1 Å². The Morgan fingerprint density at radius 2 is 2.20 bits per heavy atom. The molecule has 4 nitrogen and oxygen atoms in total. The van der Waals surface area contributed by atoms with E-state index in [1.807, 2.05) is 42.2 Å². The number of nitrogens with zero attached hydrogens (tertiary/aromatic N) is 2. The number of pyridine rings is 1. The molecule has 2 aromatic rings. The van der Waals surface area contributed by atoms with E-state index in [2.05, 4.69) is 4.98 Å². The van der Waals surface area contributed by atoms with Gasteiger partial charge in [0, 0.05) is 30.7 Å². The fourth-order valence-electron chi connectivity index (χ4n) is 2.85. The van der Waals surface area contributed by atoms with E-state index >= 15 is 0 Å². The number of nitrogens with two attached hydrogens (primary N) is 1. The van der Waals surface area contributed by atoms with E-state index in [-0.39, 0.29) is 11.9 Å². The maximum absolute atomic E-state index is 12.7. The lowest BCUT2D eigenvalue weighted by atomic mass is 10.0. The molecule has 1 aliphatic rings. The first-order chi connectivity index (χ1) is 9.66. The number of para-hydroxylation sites is 1. The van der Waals surface area contributed by atoms with Gasteiger partial charge in [-0.1, -0.05) is 18.2 Å². The Bertz CT molecular complexity index is 633. The van der Waals surface area contributed by atoms with Crippen LogP contribution in [-0.4, -0.2) is 34.9 Å². The van der Waals surface area contributed by atoms with Crippen LogP contribution in [0.15, 0.2) is 36.5 Å². The summed E-state index contributed by atoms with van der Waals surface area (Å²) in [4.78, 5) is 18.9. The number of amides is 1. The van der Waals surface area contributed by atoms with Crippen LogP contribution in [0, 0.1) is 5.92 Å². The molecule has 1 amide bonds. The van der Waals surface area contributed by atoms with Gasteiger partial charge in [-0.2, -0.15) is 0 Å². The van der Waals surface area contributed by atoms with Crippen LogP contribution in [0.2, 0.25) is 0 Å². The normalized spacial score (nSPS) is 20.3. The number of aromatic nitrogens is 1. The van der Waals surface area contributed by atoms with Gasteiger partial charge in [0.1, 0.15) is 0 Å². The number of carbonyl (C=O) groups excluding carboxylic acids is 1. The highest BCUT2D eigenvalue weighted by atomic mass is 16.2. The Balaban J connectivity index is 1.90. The summed E-state index contributed by atoms with van der Waals surface area (Å²) >= 11 is 0. The predicted molar refractivity (Wildman–Crippen MR) is 79.4 cm³/mol. The Morgan fingerprint density at radius 1 is 1.40 bits per heavy atom. The van der Waals surface area contributed by atoms with Gasteiger partial charge < -0.3 is 10.6 Å². The van der Waals surface area contributed by atoms with E-state index in [4.69, 9.17) is 5.73 Å². The van der Waals surface area contributed by atoms with Crippen molar-refractivity contribution in [1.29, 1.82) is 0 Å². The summed E-state index contributed by atoms with van der Waals surface area (Å²) in [5.41, 5.74) is 7.41. The second-order valence-corrected chi connectivity index (χ2v) is 5.54. The van der Waals surface area contributed by atoms with Crippen molar-refractivity contribution in [2.45, 2.75) is 19.4 Å². The van der Waals surface area contributed by atoms with Crippen molar-refractivity contribution in [2.75, 3.05) is 13.1 Å². The van der Waals surface area contributed by atoms with Gasteiger partial charge in [-0.15, -0.1) is 0 Å². The van der Waals surface area contributed by atoms with Crippen molar-refractivity contribution in [2.24, 2.45) is 11.7 Å². The first-order valence-corrected chi connectivity index (χ1v) is 7.05. The molecule has 1 fully saturated rings. The maximum atomic E-state index is 12.7. The second-order valence-electron chi connectivity index (χ2n) is 5.54. The molecule has 1 aromatic carbocycles. The van der Waals surface area contributed by atoms with Gasteiger partial charge in [0.25, 0.3) is 5.91 Å². The maximum Gasteiger partial charge on any atom is 0.256 e. The van der Waals surface area contributed by atoms with Crippen molar-refractivity contribution in [1.82, 2.24) is 9.88 Å². The van der Waals surface area contributed by atoms with Crippen LogP contribution in [-0.2, 0) is 0 Å². The zero-order valence-corrected chi connectivity index (χ0v) is 11.6. The lowest BCUT2D eigenvalue weighted by Crippen LogP contribution is -2.33. The molecule has 0 radical (unpaired) electrons. The molecule has 1 aliphatic heterocycles. The van der Waals surface area contributed by atoms with Crippen LogP contribution < -0.4 is 5.73 Å². The summed E-state index contributed by atoms with van der Waals surface area (Å²) in [7, 11) is 0. The number of hydrogen-bond donors (Lipinski definition) is 1. The number of likely N-dealkylation sites (tertiary alicyclic amines) is 1. The number of fused-ring (bicyclic) bond motifs is 1. The Kier molecular flexibility index (Phi) is 3.40. The van der Waals surface area contributed by atoms with Crippen LogP contribution in [0.1, 0.15) is 23.7 Å². The average molecular weight is 269 g/mol. The zero-order valence-electron chi connectivity index (χ0n) is 11.6. The van der Waals surface area contributed by atoms with Crippen LogP contribution in [0.25, 0.3) is 10.9 Å². The molecule has 0 aliphatic carbocycles. The Hall–Kier alpha value is -1.94. The van der Waals surface area contributed by atoms with Crippen LogP contribution >= 0.6 is 0 Å². The molecule has 0 spiro atoms. The Labute approximate surface area is 118 Å². The van der Waals surface area contributed by atoms with Crippen LogP contribution in [0.5, 0.6) is 0 Å². The van der Waals surface area contributed by atoms with Crippen molar-refractivity contribution in [3.63, 3.8) is 0 Å². The Morgan fingerprint density at radius 3 is 2.95 bits per heavy atom. The second kappa shape index (κ2) is 5.21. The minimum Gasteiger partial charge on any atom is -0.338 e. The van der Waals surface area contributed by atoms with Gasteiger partial charge in [-0.25, -0.2) is 0 Å². The third-order valence-electron chi connectivity index (χ3n) is 4.12. The fourth-order valence-corrected chi connectivity index (χ4v) is 2.85. The van der Waals surface area contributed by atoms with Gasteiger partial charge in [0.2, 0.25) is 0 Å². The number of carbonyl (C=O) groups is 1. The summed E-state index contributed by atoms with van der Waals surface area (Å²) in [6, 6.07) is 9.76. The first kappa shape index (κ1) is 13.1. The number of rotatable bonds is 2. The molecule has 3 rings (SSSR count). The summed E-state index contributed by atoms with van der Waals surface area (Å²) in [6.45, 7) is 3.55. The highest BCUT2D eigenvalue weighted by Crippen LogP contribution is 2.23. The monoisotopic (exact) mass is 269 g/mol. The molecule has 4 heteroatoms. The summed E-state index contributed by atoms with van der Waals surface area (Å²) in [5.74, 6) is 0.472. The quantitative estimate of drug-likeness (QED) is 0.907. The van der Waals surface area contributed by atoms with Gasteiger partial charge in [0.05, 0.1) is 11.1 Å². The standard InChI is InChI=1S/C16H19N3O/c1-11(17)13-7-9-19(10-13)16(20)14-6-2-4-12-5-3-8-18-15(12)14/h2-6,8,11,13H,7,9-10,17H2,1H3. The average Bonchev–Trinajstić information content (AvgIpc) is 2.96. The zero-order chi connectivity index (χ0) is 14.1. The minimum atomic E-state index is 0.0671. The molecule has 20 heavy (non-hydrogen) atoms. The predicted octanol–water partition coefficient (Wildman–Crippen LogP) is 2.04. The van der Waals surface area contributed by atoms with Gasteiger partial charge in [0.15, 0.2) is 0 Å². The van der Waals surface area contributed by atoms with E-state index in [1.54, 1.807) is 6.20 Å². The largest absolute Gasteiger partial charge is 0.338 e. The first-order valence-electron chi connectivity index (χ1n) is 7.05. The highest BCUT2D eigenvalue weighted by Gasteiger charge is 2.29. The van der Waals surface area contributed by atoms with Crippen molar-refractivity contribution in [3.8, 4) is 0 Å². The summed E-state index contributed by atoms with van der Waals surface area (Å²) < 4.78 is 0. The lowest BCUT2D eigenvalue weighted by Gasteiger charge is -2.18. The molecule has 2 unspecified atom stereocenters. The highest BCUT2D eigenvalue weighted by molar-refractivity contribution is 6.05. The van der Waals surface area contributed by atoms with Gasteiger partial charge in [-0.3, -0.25) is 9.78 Å². The van der Waals surface area contributed by atoms with Crippen LogP contribution in [0.4, 0.5) is 0 Å².